The Morgan fingerprint density at radius 1 is 1.00 bits per heavy atom. The van der Waals surface area contributed by atoms with Gasteiger partial charge in [0, 0.05) is 24.7 Å². The largest absolute Gasteiger partial charge is 0.508 e. The number of phenolic OH excluding ortho intramolecular Hbond substituents is 1. The molecule has 0 aromatic heterocycles. The van der Waals surface area contributed by atoms with Gasteiger partial charge in [-0.2, -0.15) is 0 Å². The van der Waals surface area contributed by atoms with Crippen molar-refractivity contribution in [1.29, 1.82) is 0 Å². The van der Waals surface area contributed by atoms with Gasteiger partial charge in [-0.25, -0.2) is 0 Å². The molecule has 2 aromatic rings. The van der Waals surface area contributed by atoms with E-state index in [1.807, 2.05) is 12.1 Å². The predicted octanol–water partition coefficient (Wildman–Crippen LogP) is 3.78. The molecular formula is C17H19NO. The average Bonchev–Trinajstić information content (AvgIpc) is 2.48. The maximum Gasteiger partial charge on any atom is 0.115 e. The lowest BCUT2D eigenvalue weighted by Crippen LogP contribution is -2.34. The van der Waals surface area contributed by atoms with Gasteiger partial charge in [0.1, 0.15) is 5.75 Å². The molecule has 1 heterocycles. The molecule has 0 bridgehead atoms. The fourth-order valence-corrected chi connectivity index (χ4v) is 2.90. The van der Waals surface area contributed by atoms with E-state index in [1.54, 1.807) is 6.07 Å². The van der Waals surface area contributed by atoms with Crippen LogP contribution in [0.25, 0.3) is 0 Å². The first-order valence-electron chi connectivity index (χ1n) is 6.92. The molecule has 0 aliphatic carbocycles. The normalized spacial score (nSPS) is 19.4. The van der Waals surface area contributed by atoms with E-state index in [2.05, 4.69) is 41.3 Å². The van der Waals surface area contributed by atoms with Gasteiger partial charge in [-0.15, -0.1) is 0 Å². The summed E-state index contributed by atoms with van der Waals surface area (Å²) in [5, 5.41) is 9.61. The Balaban J connectivity index is 1.78. The van der Waals surface area contributed by atoms with Crippen molar-refractivity contribution in [2.45, 2.75) is 18.8 Å². The highest BCUT2D eigenvalue weighted by Crippen LogP contribution is 2.31. The molecule has 1 aliphatic rings. The number of aromatic hydroxyl groups is 1. The number of rotatable bonds is 2. The Kier molecular flexibility index (Phi) is 3.41. The molecule has 3 rings (SSSR count). The van der Waals surface area contributed by atoms with E-state index >= 15 is 0 Å². The summed E-state index contributed by atoms with van der Waals surface area (Å²) >= 11 is 0. The number of anilines is 1. The SMILES string of the molecule is Oc1cccc(C2CCCN(c3ccccc3)C2)c1. The van der Waals surface area contributed by atoms with Gasteiger partial charge >= 0.3 is 0 Å². The van der Waals surface area contributed by atoms with E-state index in [0.717, 1.165) is 13.1 Å². The molecule has 1 aliphatic heterocycles. The van der Waals surface area contributed by atoms with Crippen LogP contribution < -0.4 is 4.90 Å². The van der Waals surface area contributed by atoms with E-state index in [9.17, 15) is 5.11 Å². The van der Waals surface area contributed by atoms with Crippen LogP contribution in [0.1, 0.15) is 24.3 Å². The molecule has 2 nitrogen and oxygen atoms in total. The lowest BCUT2D eigenvalue weighted by molar-refractivity contribution is 0.469. The van der Waals surface area contributed by atoms with Gasteiger partial charge in [0.25, 0.3) is 0 Å². The molecule has 1 atom stereocenters. The zero-order chi connectivity index (χ0) is 13.1. The van der Waals surface area contributed by atoms with E-state index in [1.165, 1.54) is 24.1 Å². The van der Waals surface area contributed by atoms with Crippen LogP contribution in [0.3, 0.4) is 0 Å². The standard InChI is InChI=1S/C17H19NO/c19-17-10-4-6-14(12-17)15-7-5-11-18(13-15)16-8-2-1-3-9-16/h1-4,6,8-10,12,15,19H,5,7,11,13H2. The fourth-order valence-electron chi connectivity index (χ4n) is 2.90. The third-order valence-electron chi connectivity index (χ3n) is 3.88. The van der Waals surface area contributed by atoms with Crippen molar-refractivity contribution in [2.24, 2.45) is 0 Å². The van der Waals surface area contributed by atoms with Crippen molar-refractivity contribution < 1.29 is 5.11 Å². The first-order chi connectivity index (χ1) is 9.33. The second-order valence-electron chi connectivity index (χ2n) is 5.22. The summed E-state index contributed by atoms with van der Waals surface area (Å²) < 4.78 is 0. The smallest absolute Gasteiger partial charge is 0.115 e. The lowest BCUT2D eigenvalue weighted by atomic mass is 9.90. The molecule has 1 unspecified atom stereocenters. The molecule has 19 heavy (non-hydrogen) atoms. The Bertz CT molecular complexity index is 538. The molecule has 0 spiro atoms. The number of phenols is 1. The van der Waals surface area contributed by atoms with Crippen LogP contribution in [0, 0.1) is 0 Å². The summed E-state index contributed by atoms with van der Waals surface area (Å²) in [5.41, 5.74) is 2.55. The summed E-state index contributed by atoms with van der Waals surface area (Å²) in [6.45, 7) is 2.16. The van der Waals surface area contributed by atoms with Crippen molar-refractivity contribution in [3.8, 4) is 5.75 Å². The number of para-hydroxylation sites is 1. The highest BCUT2D eigenvalue weighted by Gasteiger charge is 2.21. The second-order valence-corrected chi connectivity index (χ2v) is 5.22. The van der Waals surface area contributed by atoms with Crippen LogP contribution in [0.2, 0.25) is 0 Å². The molecule has 0 radical (unpaired) electrons. The molecule has 1 fully saturated rings. The minimum atomic E-state index is 0.370. The fraction of sp³-hybridized carbons (Fsp3) is 0.294. The Morgan fingerprint density at radius 2 is 1.84 bits per heavy atom. The first kappa shape index (κ1) is 12.1. The Hall–Kier alpha value is -1.96. The van der Waals surface area contributed by atoms with E-state index in [-0.39, 0.29) is 0 Å². The van der Waals surface area contributed by atoms with Gasteiger partial charge in [0.05, 0.1) is 0 Å². The number of hydrogen-bond donors (Lipinski definition) is 1. The summed E-state index contributed by atoms with van der Waals surface area (Å²) in [6, 6.07) is 18.3. The van der Waals surface area contributed by atoms with Gasteiger partial charge in [0.2, 0.25) is 0 Å². The predicted molar refractivity (Wildman–Crippen MR) is 78.7 cm³/mol. The minimum Gasteiger partial charge on any atom is -0.508 e. The highest BCUT2D eigenvalue weighted by atomic mass is 16.3. The molecule has 98 valence electrons. The van der Waals surface area contributed by atoms with Crippen LogP contribution in [0.15, 0.2) is 54.6 Å². The first-order valence-corrected chi connectivity index (χ1v) is 6.92. The van der Waals surface area contributed by atoms with Gasteiger partial charge < -0.3 is 10.0 Å². The molecular weight excluding hydrogens is 234 g/mol. The molecule has 0 amide bonds. The van der Waals surface area contributed by atoms with E-state index in [4.69, 9.17) is 0 Å². The van der Waals surface area contributed by atoms with Crippen molar-refractivity contribution in [3.63, 3.8) is 0 Å². The van der Waals surface area contributed by atoms with Gasteiger partial charge in [-0.3, -0.25) is 0 Å². The summed E-state index contributed by atoms with van der Waals surface area (Å²) in [7, 11) is 0. The van der Waals surface area contributed by atoms with Crippen molar-refractivity contribution in [3.05, 3.63) is 60.2 Å². The lowest BCUT2D eigenvalue weighted by Gasteiger charge is -2.34. The summed E-state index contributed by atoms with van der Waals surface area (Å²) in [5.74, 6) is 0.885. The Morgan fingerprint density at radius 3 is 2.63 bits per heavy atom. The maximum absolute atomic E-state index is 9.61. The van der Waals surface area contributed by atoms with Crippen LogP contribution in [0.5, 0.6) is 5.75 Å². The van der Waals surface area contributed by atoms with Crippen molar-refractivity contribution in [2.75, 3.05) is 18.0 Å². The minimum absolute atomic E-state index is 0.370. The van der Waals surface area contributed by atoms with Crippen LogP contribution in [-0.4, -0.2) is 18.2 Å². The van der Waals surface area contributed by atoms with Gasteiger partial charge in [0.15, 0.2) is 0 Å². The third-order valence-corrected chi connectivity index (χ3v) is 3.88. The topological polar surface area (TPSA) is 23.5 Å². The number of piperidine rings is 1. The average molecular weight is 253 g/mol. The van der Waals surface area contributed by atoms with E-state index in [0.29, 0.717) is 11.7 Å². The molecule has 2 heteroatoms. The van der Waals surface area contributed by atoms with Crippen molar-refractivity contribution in [1.82, 2.24) is 0 Å². The second kappa shape index (κ2) is 5.35. The zero-order valence-electron chi connectivity index (χ0n) is 11.0. The zero-order valence-corrected chi connectivity index (χ0v) is 11.0. The maximum atomic E-state index is 9.61. The van der Waals surface area contributed by atoms with Crippen LogP contribution >= 0.6 is 0 Å². The third kappa shape index (κ3) is 2.73. The number of hydrogen-bond acceptors (Lipinski definition) is 2. The quantitative estimate of drug-likeness (QED) is 0.880. The van der Waals surface area contributed by atoms with Gasteiger partial charge in [-0.1, -0.05) is 30.3 Å². The van der Waals surface area contributed by atoms with Crippen LogP contribution in [-0.2, 0) is 0 Å². The molecule has 1 saturated heterocycles. The Labute approximate surface area is 114 Å². The van der Waals surface area contributed by atoms with E-state index < -0.39 is 0 Å². The van der Waals surface area contributed by atoms with Crippen LogP contribution in [0.4, 0.5) is 5.69 Å². The molecule has 2 aromatic carbocycles. The van der Waals surface area contributed by atoms with Crippen molar-refractivity contribution >= 4 is 5.69 Å². The van der Waals surface area contributed by atoms with Gasteiger partial charge in [-0.05, 0) is 42.7 Å². The highest BCUT2D eigenvalue weighted by molar-refractivity contribution is 5.47. The summed E-state index contributed by atoms with van der Waals surface area (Å²) in [4.78, 5) is 2.44. The number of nitrogens with zero attached hydrogens (tertiary/aromatic N) is 1. The monoisotopic (exact) mass is 253 g/mol. The number of benzene rings is 2. The molecule has 1 N–H and O–H groups in total. The molecule has 0 saturated carbocycles. The summed E-state index contributed by atoms with van der Waals surface area (Å²) in [6.07, 6.45) is 2.40.